The van der Waals surface area contributed by atoms with Crippen molar-refractivity contribution in [2.45, 2.75) is 29.1 Å². The first-order chi connectivity index (χ1) is 19.6. The lowest BCUT2D eigenvalue weighted by atomic mass is 10.2. The standard InChI is InChI=1S/C24H21ClF3N7O3S3/c1-2-39-23-34-32-21(41-23)30-20(37)13-40-22-33-31-18(35(22)16-5-3-4-14(10-16)24(26,27)28)11-29-19(36)12-38-17-8-6-15(25)7-9-17/h3-10H,2,11-13H2,1H3,(H,29,36)(H,30,32,37). The van der Waals surface area contributed by atoms with Crippen LogP contribution in [0.4, 0.5) is 18.3 Å². The molecule has 10 nitrogen and oxygen atoms in total. The molecule has 2 aromatic heterocycles. The molecule has 4 rings (SSSR count). The first kappa shape index (κ1) is 30.6. The van der Waals surface area contributed by atoms with Crippen LogP contribution >= 0.6 is 46.5 Å². The van der Waals surface area contributed by atoms with Gasteiger partial charge >= 0.3 is 6.18 Å². The van der Waals surface area contributed by atoms with Crippen molar-refractivity contribution in [2.24, 2.45) is 0 Å². The van der Waals surface area contributed by atoms with E-state index in [0.29, 0.717) is 20.2 Å². The van der Waals surface area contributed by atoms with Crippen LogP contribution in [0.15, 0.2) is 58.0 Å². The Kier molecular flexibility index (Phi) is 10.5. The zero-order valence-electron chi connectivity index (χ0n) is 21.1. The van der Waals surface area contributed by atoms with Gasteiger partial charge in [0.15, 0.2) is 21.9 Å². The zero-order chi connectivity index (χ0) is 29.4. The number of ether oxygens (including phenoxy) is 1. The number of anilines is 1. The number of carbonyl (C=O) groups excluding carboxylic acids is 2. The summed E-state index contributed by atoms with van der Waals surface area (Å²) in [7, 11) is 0. The van der Waals surface area contributed by atoms with E-state index < -0.39 is 23.6 Å². The van der Waals surface area contributed by atoms with Crippen LogP contribution in [0.1, 0.15) is 18.3 Å². The van der Waals surface area contributed by atoms with E-state index in [1.165, 1.54) is 39.8 Å². The molecule has 2 heterocycles. The fraction of sp³-hybridized carbons (Fsp3) is 0.250. The van der Waals surface area contributed by atoms with E-state index in [-0.39, 0.29) is 35.6 Å². The summed E-state index contributed by atoms with van der Waals surface area (Å²) < 4.78 is 47.8. The van der Waals surface area contributed by atoms with E-state index in [9.17, 15) is 22.8 Å². The van der Waals surface area contributed by atoms with Crippen LogP contribution in [-0.2, 0) is 22.3 Å². The van der Waals surface area contributed by atoms with Gasteiger partial charge in [-0.1, -0.05) is 59.5 Å². The molecule has 41 heavy (non-hydrogen) atoms. The van der Waals surface area contributed by atoms with Crippen molar-refractivity contribution in [1.82, 2.24) is 30.3 Å². The number of amides is 2. The van der Waals surface area contributed by atoms with Gasteiger partial charge < -0.3 is 10.1 Å². The number of thioether (sulfide) groups is 2. The number of carbonyl (C=O) groups is 2. The maximum absolute atomic E-state index is 13.4. The summed E-state index contributed by atoms with van der Waals surface area (Å²) in [5.74, 6) is 0.354. The van der Waals surface area contributed by atoms with Crippen molar-refractivity contribution in [1.29, 1.82) is 0 Å². The minimum Gasteiger partial charge on any atom is -0.484 e. The minimum absolute atomic E-state index is 0.111. The Hall–Kier alpha value is -3.34. The molecule has 4 aromatic rings. The van der Waals surface area contributed by atoms with Crippen LogP contribution in [0.2, 0.25) is 5.02 Å². The zero-order valence-corrected chi connectivity index (χ0v) is 24.4. The summed E-state index contributed by atoms with van der Waals surface area (Å²) in [6.45, 7) is 1.49. The Labute approximate surface area is 249 Å². The lowest BCUT2D eigenvalue weighted by Crippen LogP contribution is -2.29. The summed E-state index contributed by atoms with van der Waals surface area (Å²) in [5, 5.41) is 22.3. The molecule has 0 bridgehead atoms. The molecule has 216 valence electrons. The maximum atomic E-state index is 13.4. The third-order valence-corrected chi connectivity index (χ3v) is 8.05. The molecule has 0 aliphatic carbocycles. The fourth-order valence-corrected chi connectivity index (χ4v) is 5.79. The second-order valence-electron chi connectivity index (χ2n) is 7.94. The highest BCUT2D eigenvalue weighted by Crippen LogP contribution is 2.32. The predicted octanol–water partition coefficient (Wildman–Crippen LogP) is 5.33. The van der Waals surface area contributed by atoms with Crippen LogP contribution in [-0.4, -0.2) is 54.9 Å². The normalized spacial score (nSPS) is 11.3. The summed E-state index contributed by atoms with van der Waals surface area (Å²) in [4.78, 5) is 24.9. The molecule has 0 atom stereocenters. The predicted molar refractivity (Wildman–Crippen MR) is 151 cm³/mol. The number of benzene rings is 2. The lowest BCUT2D eigenvalue weighted by molar-refractivity contribution is -0.137. The number of halogens is 4. The molecule has 0 saturated carbocycles. The molecule has 0 spiro atoms. The molecule has 0 aliphatic rings. The van der Waals surface area contributed by atoms with E-state index in [0.717, 1.165) is 29.6 Å². The van der Waals surface area contributed by atoms with Gasteiger partial charge in [0.2, 0.25) is 11.0 Å². The Bertz CT molecular complexity index is 1500. The fourth-order valence-electron chi connectivity index (χ4n) is 3.22. The second kappa shape index (κ2) is 14.0. The van der Waals surface area contributed by atoms with E-state index in [1.54, 1.807) is 24.3 Å². The van der Waals surface area contributed by atoms with E-state index >= 15 is 0 Å². The molecule has 0 aliphatic heterocycles. The third-order valence-electron chi connectivity index (χ3n) is 5.01. The summed E-state index contributed by atoms with van der Waals surface area (Å²) in [6.07, 6.45) is -4.58. The van der Waals surface area contributed by atoms with Gasteiger partial charge in [0.1, 0.15) is 5.75 Å². The molecule has 2 N–H and O–H groups in total. The smallest absolute Gasteiger partial charge is 0.416 e. The van der Waals surface area contributed by atoms with Crippen LogP contribution in [0.25, 0.3) is 5.69 Å². The first-order valence-electron chi connectivity index (χ1n) is 11.8. The molecule has 17 heteroatoms. The maximum Gasteiger partial charge on any atom is 0.416 e. The topological polar surface area (TPSA) is 124 Å². The number of aromatic nitrogens is 5. The van der Waals surface area contributed by atoms with Gasteiger partial charge in [-0.15, -0.1) is 20.4 Å². The molecule has 0 saturated heterocycles. The average Bonchev–Trinajstić information content (AvgIpc) is 3.56. The largest absolute Gasteiger partial charge is 0.484 e. The molecular formula is C24H21ClF3N7O3S3. The highest BCUT2D eigenvalue weighted by Gasteiger charge is 2.31. The first-order valence-corrected chi connectivity index (χ1v) is 14.9. The van der Waals surface area contributed by atoms with Gasteiger partial charge in [-0.3, -0.25) is 19.5 Å². The number of nitrogens with zero attached hydrogens (tertiary/aromatic N) is 5. The van der Waals surface area contributed by atoms with E-state index in [4.69, 9.17) is 16.3 Å². The van der Waals surface area contributed by atoms with Crippen molar-refractivity contribution < 1.29 is 27.5 Å². The molecule has 0 fully saturated rings. The molecule has 2 amide bonds. The van der Waals surface area contributed by atoms with Gasteiger partial charge in [0, 0.05) is 5.02 Å². The summed E-state index contributed by atoms with van der Waals surface area (Å²) in [5.41, 5.74) is -0.763. The molecule has 2 aromatic carbocycles. The Morgan fingerprint density at radius 1 is 1.05 bits per heavy atom. The second-order valence-corrected chi connectivity index (χ2v) is 11.8. The van der Waals surface area contributed by atoms with Crippen molar-refractivity contribution in [2.75, 3.05) is 23.4 Å². The van der Waals surface area contributed by atoms with Gasteiger partial charge in [0.25, 0.3) is 5.91 Å². The minimum atomic E-state index is -4.58. The monoisotopic (exact) mass is 643 g/mol. The van der Waals surface area contributed by atoms with Gasteiger partial charge in [-0.25, -0.2) is 0 Å². The Morgan fingerprint density at radius 2 is 1.83 bits per heavy atom. The number of hydrogen-bond acceptors (Lipinski definition) is 10. The lowest BCUT2D eigenvalue weighted by Gasteiger charge is -2.13. The van der Waals surface area contributed by atoms with Crippen molar-refractivity contribution in [3.05, 3.63) is 64.9 Å². The summed E-state index contributed by atoms with van der Waals surface area (Å²) in [6, 6.07) is 11.0. The van der Waals surface area contributed by atoms with E-state index in [1.807, 2.05) is 6.92 Å². The number of hydrogen-bond donors (Lipinski definition) is 2. The van der Waals surface area contributed by atoms with Crippen LogP contribution in [0.5, 0.6) is 5.75 Å². The number of alkyl halides is 3. The van der Waals surface area contributed by atoms with Crippen molar-refractivity contribution in [3.8, 4) is 11.4 Å². The number of nitrogens with one attached hydrogen (secondary N) is 2. The Morgan fingerprint density at radius 3 is 2.56 bits per heavy atom. The quantitative estimate of drug-likeness (QED) is 0.156. The van der Waals surface area contributed by atoms with Crippen LogP contribution < -0.4 is 15.4 Å². The highest BCUT2D eigenvalue weighted by atomic mass is 35.5. The SMILES string of the molecule is CCSc1nnc(NC(=O)CSc2nnc(CNC(=O)COc3ccc(Cl)cc3)n2-c2cccc(C(F)(F)F)c2)s1. The molecule has 0 unspecified atom stereocenters. The number of rotatable bonds is 12. The average molecular weight is 644 g/mol. The summed E-state index contributed by atoms with van der Waals surface area (Å²) >= 11 is 9.52. The van der Waals surface area contributed by atoms with Gasteiger partial charge in [-0.2, -0.15) is 13.2 Å². The third kappa shape index (κ3) is 8.82. The molecular weight excluding hydrogens is 623 g/mol. The van der Waals surface area contributed by atoms with Gasteiger partial charge in [0.05, 0.1) is 23.5 Å². The van der Waals surface area contributed by atoms with Crippen LogP contribution in [0, 0.1) is 0 Å². The van der Waals surface area contributed by atoms with Crippen molar-refractivity contribution in [3.63, 3.8) is 0 Å². The molecule has 0 radical (unpaired) electrons. The van der Waals surface area contributed by atoms with Crippen LogP contribution in [0.3, 0.4) is 0 Å². The van der Waals surface area contributed by atoms with E-state index in [2.05, 4.69) is 31.0 Å². The van der Waals surface area contributed by atoms with Crippen molar-refractivity contribution >= 4 is 63.4 Å². The van der Waals surface area contributed by atoms with Gasteiger partial charge in [-0.05, 0) is 48.2 Å². The Balaban J connectivity index is 1.47. The highest BCUT2D eigenvalue weighted by molar-refractivity contribution is 8.01.